The Balaban J connectivity index is 0.862. The summed E-state index contributed by atoms with van der Waals surface area (Å²) in [5.41, 5.74) is 3.84. The van der Waals surface area contributed by atoms with Crippen LogP contribution in [0.1, 0.15) is 81.5 Å². The predicted molar refractivity (Wildman–Crippen MR) is 225 cm³/mol. The molecule has 310 valence electrons. The van der Waals surface area contributed by atoms with Gasteiger partial charge in [-0.1, -0.05) is 23.7 Å². The number of anilines is 3. The standard InChI is InChI=1S/C42H50ClN11O5/c1-24(2)54-39-28(19-34(41(54)58)59-23-36(56)44-3)17-29(20-45-39)47-38-32(43)21-46-42(49-38)53-15-9-25(10-16-53)22-52-13-11-26(12-14-52)27-5-6-30-33(18-27)51(4)50-37(30)31-7-8-35(55)48-40(31)57/h5-6,17-21,24-26,31H,7-16,22-23H2,1-4H3,(H,44,56)(H,46,47,49)(H,48,55,57). The minimum absolute atomic E-state index is 0.0626. The van der Waals surface area contributed by atoms with Gasteiger partial charge >= 0.3 is 0 Å². The smallest absolute Gasteiger partial charge is 0.294 e. The van der Waals surface area contributed by atoms with Crippen LogP contribution >= 0.6 is 11.6 Å². The topological polar surface area (TPSA) is 181 Å². The van der Waals surface area contributed by atoms with Gasteiger partial charge in [-0.3, -0.25) is 33.7 Å². The largest absolute Gasteiger partial charge is 0.478 e. The van der Waals surface area contributed by atoms with E-state index in [2.05, 4.69) is 53.9 Å². The van der Waals surface area contributed by atoms with Crippen LogP contribution in [0.4, 0.5) is 17.5 Å². The van der Waals surface area contributed by atoms with Crippen LogP contribution in [-0.2, 0) is 21.4 Å². The number of imide groups is 1. The monoisotopic (exact) mass is 823 g/mol. The normalized spacial score (nSPS) is 18.5. The van der Waals surface area contributed by atoms with E-state index in [1.54, 1.807) is 23.0 Å². The van der Waals surface area contributed by atoms with Gasteiger partial charge in [0.25, 0.3) is 11.5 Å². The number of aromatic nitrogens is 6. The molecular formula is C42H50ClN11O5. The molecule has 1 aromatic carbocycles. The van der Waals surface area contributed by atoms with E-state index in [1.165, 1.54) is 12.6 Å². The lowest BCUT2D eigenvalue weighted by Crippen LogP contribution is -2.41. The van der Waals surface area contributed by atoms with Crippen molar-refractivity contribution in [2.24, 2.45) is 13.0 Å². The minimum Gasteiger partial charge on any atom is -0.478 e. The third kappa shape index (κ3) is 8.46. The summed E-state index contributed by atoms with van der Waals surface area (Å²) in [7, 11) is 3.43. The Kier molecular flexibility index (Phi) is 11.5. The third-order valence-corrected chi connectivity index (χ3v) is 12.2. The Morgan fingerprint density at radius 1 is 1.00 bits per heavy atom. The van der Waals surface area contributed by atoms with Gasteiger partial charge in [-0.2, -0.15) is 10.1 Å². The van der Waals surface area contributed by atoms with Crippen molar-refractivity contribution in [3.8, 4) is 5.75 Å². The van der Waals surface area contributed by atoms with Crippen molar-refractivity contribution in [2.75, 3.05) is 56.6 Å². The summed E-state index contributed by atoms with van der Waals surface area (Å²) in [5.74, 6) is 0.957. The third-order valence-electron chi connectivity index (χ3n) is 11.9. The number of halogens is 1. The van der Waals surface area contributed by atoms with E-state index in [0.717, 1.165) is 75.0 Å². The number of amides is 3. The predicted octanol–water partition coefficient (Wildman–Crippen LogP) is 4.79. The summed E-state index contributed by atoms with van der Waals surface area (Å²) in [6, 6.07) is 9.80. The van der Waals surface area contributed by atoms with Crippen molar-refractivity contribution in [3.05, 3.63) is 69.4 Å². The average molecular weight is 824 g/mol. The number of benzene rings is 1. The number of piperidine rings is 3. The molecule has 17 heteroatoms. The zero-order chi connectivity index (χ0) is 41.4. The number of aryl methyl sites for hydroxylation is 1. The number of hydrogen-bond acceptors (Lipinski definition) is 12. The fraction of sp³-hybridized carbons (Fsp3) is 0.476. The average Bonchev–Trinajstić information content (AvgIpc) is 3.56. The maximum absolute atomic E-state index is 13.2. The number of carbonyl (C=O) groups excluding carboxylic acids is 3. The molecule has 16 nitrogen and oxygen atoms in total. The van der Waals surface area contributed by atoms with Gasteiger partial charge < -0.3 is 25.2 Å². The van der Waals surface area contributed by atoms with E-state index in [9.17, 15) is 19.2 Å². The number of nitrogens with zero attached hydrogens (tertiary/aromatic N) is 8. The summed E-state index contributed by atoms with van der Waals surface area (Å²) < 4.78 is 9.01. The van der Waals surface area contributed by atoms with Crippen molar-refractivity contribution in [1.29, 1.82) is 0 Å². The number of hydrogen-bond donors (Lipinski definition) is 3. The number of fused-ring (bicyclic) bond motifs is 2. The molecule has 1 atom stereocenters. The second-order valence-electron chi connectivity index (χ2n) is 16.2. The highest BCUT2D eigenvalue weighted by Gasteiger charge is 2.32. The Morgan fingerprint density at radius 2 is 1.78 bits per heavy atom. The summed E-state index contributed by atoms with van der Waals surface area (Å²) in [6.07, 6.45) is 8.33. The van der Waals surface area contributed by atoms with Gasteiger partial charge in [0.2, 0.25) is 17.8 Å². The summed E-state index contributed by atoms with van der Waals surface area (Å²) in [4.78, 5) is 68.1. The quantitative estimate of drug-likeness (QED) is 0.155. The van der Waals surface area contributed by atoms with E-state index < -0.39 is 5.92 Å². The van der Waals surface area contributed by atoms with Gasteiger partial charge in [0.1, 0.15) is 10.7 Å². The Labute approximate surface area is 346 Å². The molecular weight excluding hydrogens is 774 g/mol. The molecule has 59 heavy (non-hydrogen) atoms. The van der Waals surface area contributed by atoms with Crippen molar-refractivity contribution in [1.82, 2.24) is 44.8 Å². The molecule has 4 aromatic heterocycles. The molecule has 0 aliphatic carbocycles. The van der Waals surface area contributed by atoms with Crippen molar-refractivity contribution in [2.45, 2.75) is 70.3 Å². The molecule has 0 radical (unpaired) electrons. The SMILES string of the molecule is CNC(=O)COc1cc2cc(Nc3nc(N4CCC(CN5CCC(c6ccc7c(C8CCC(=O)NC8=O)nn(C)c7c6)CC5)CC4)ncc3Cl)cnc2n(C(C)C)c1=O. The highest BCUT2D eigenvalue weighted by molar-refractivity contribution is 6.33. The van der Waals surface area contributed by atoms with Crippen molar-refractivity contribution < 1.29 is 19.1 Å². The van der Waals surface area contributed by atoms with Crippen LogP contribution in [0.2, 0.25) is 5.02 Å². The van der Waals surface area contributed by atoms with Crippen molar-refractivity contribution in [3.63, 3.8) is 0 Å². The molecule has 3 saturated heterocycles. The zero-order valence-electron chi connectivity index (χ0n) is 33.8. The van der Waals surface area contributed by atoms with Gasteiger partial charge in [-0.25, -0.2) is 9.97 Å². The number of ether oxygens (including phenoxy) is 1. The van der Waals surface area contributed by atoms with Crippen LogP contribution < -0.4 is 31.1 Å². The first kappa shape index (κ1) is 40.2. The van der Waals surface area contributed by atoms with Crippen molar-refractivity contribution >= 4 is 68.7 Å². The highest BCUT2D eigenvalue weighted by Crippen LogP contribution is 2.35. The zero-order valence-corrected chi connectivity index (χ0v) is 34.6. The molecule has 0 saturated carbocycles. The minimum atomic E-state index is -0.403. The Bertz CT molecular complexity index is 2470. The van der Waals surface area contributed by atoms with Gasteiger partial charge in [0, 0.05) is 57.0 Å². The molecule has 3 N–H and O–H groups in total. The lowest BCUT2D eigenvalue weighted by molar-refractivity contribution is -0.134. The van der Waals surface area contributed by atoms with E-state index in [1.807, 2.05) is 31.6 Å². The molecule has 3 aliphatic rings. The van der Waals surface area contributed by atoms with Crippen LogP contribution in [-0.4, -0.2) is 98.3 Å². The number of nitrogens with one attached hydrogen (secondary N) is 3. The lowest BCUT2D eigenvalue weighted by Gasteiger charge is -2.38. The van der Waals surface area contributed by atoms with Crippen LogP contribution in [0.5, 0.6) is 5.75 Å². The van der Waals surface area contributed by atoms with E-state index in [4.69, 9.17) is 26.4 Å². The summed E-state index contributed by atoms with van der Waals surface area (Å²) in [5, 5.41) is 15.0. The molecule has 8 rings (SSSR count). The molecule has 1 unspecified atom stereocenters. The molecule has 0 bridgehead atoms. The number of likely N-dealkylation sites (N-methyl/N-ethyl adjacent to an activating group) is 1. The molecule has 3 aliphatic heterocycles. The fourth-order valence-electron chi connectivity index (χ4n) is 8.70. The molecule has 3 fully saturated rings. The fourth-order valence-corrected chi connectivity index (χ4v) is 8.84. The summed E-state index contributed by atoms with van der Waals surface area (Å²) >= 11 is 6.59. The van der Waals surface area contributed by atoms with Gasteiger partial charge in [-0.05, 0) is 94.6 Å². The lowest BCUT2D eigenvalue weighted by atomic mass is 9.87. The first-order valence-corrected chi connectivity index (χ1v) is 20.8. The number of carbonyl (C=O) groups is 3. The second-order valence-corrected chi connectivity index (χ2v) is 16.6. The van der Waals surface area contributed by atoms with Gasteiger partial charge in [-0.15, -0.1) is 0 Å². The molecule has 5 aromatic rings. The van der Waals surface area contributed by atoms with Gasteiger partial charge in [0.15, 0.2) is 18.2 Å². The molecule has 0 spiro atoms. The Morgan fingerprint density at radius 3 is 2.51 bits per heavy atom. The maximum atomic E-state index is 13.2. The van der Waals surface area contributed by atoms with Crippen LogP contribution in [0, 0.1) is 5.92 Å². The molecule has 3 amide bonds. The maximum Gasteiger partial charge on any atom is 0.294 e. The van der Waals surface area contributed by atoms with Crippen LogP contribution in [0.15, 0.2) is 47.5 Å². The number of pyridine rings is 2. The molecule has 7 heterocycles. The van der Waals surface area contributed by atoms with Crippen LogP contribution in [0.3, 0.4) is 0 Å². The number of likely N-dealkylation sites (tertiary alicyclic amines) is 1. The van der Waals surface area contributed by atoms with Crippen LogP contribution in [0.25, 0.3) is 21.9 Å². The number of rotatable bonds is 11. The first-order valence-electron chi connectivity index (χ1n) is 20.4. The van der Waals surface area contributed by atoms with E-state index in [0.29, 0.717) is 58.2 Å². The van der Waals surface area contributed by atoms with E-state index in [-0.39, 0.29) is 41.7 Å². The van der Waals surface area contributed by atoms with E-state index >= 15 is 0 Å². The first-order chi connectivity index (χ1) is 28.4. The van der Waals surface area contributed by atoms with Gasteiger partial charge in [0.05, 0.1) is 35.2 Å². The Hall–Kier alpha value is -5.61. The summed E-state index contributed by atoms with van der Waals surface area (Å²) in [6.45, 7) is 8.37. The highest BCUT2D eigenvalue weighted by atomic mass is 35.5. The second kappa shape index (κ2) is 16.9.